The fraction of sp³-hybridized carbons (Fsp3) is 0.263. The molecule has 0 atom stereocenters. The SMILES string of the molecule is CCOc1ccc(C(=O)NNC(=O)c2ccc(CSC)cc2)cc1OC. The lowest BCUT2D eigenvalue weighted by molar-refractivity contribution is 0.0846. The normalized spacial score (nSPS) is 10.1. The van der Waals surface area contributed by atoms with Crippen molar-refractivity contribution in [3.63, 3.8) is 0 Å². The number of nitrogens with one attached hydrogen (secondary N) is 2. The fourth-order valence-electron chi connectivity index (χ4n) is 2.26. The molecule has 0 saturated heterocycles. The molecule has 138 valence electrons. The summed E-state index contributed by atoms with van der Waals surface area (Å²) in [7, 11) is 1.50. The molecule has 7 heteroatoms. The first-order valence-corrected chi connectivity index (χ1v) is 9.47. The second-order valence-corrected chi connectivity index (χ2v) is 6.20. The van der Waals surface area contributed by atoms with Crippen molar-refractivity contribution in [1.29, 1.82) is 0 Å². The van der Waals surface area contributed by atoms with Crippen LogP contribution in [0.1, 0.15) is 33.2 Å². The van der Waals surface area contributed by atoms with Crippen LogP contribution in [0.3, 0.4) is 0 Å². The lowest BCUT2D eigenvalue weighted by Gasteiger charge is -2.12. The lowest BCUT2D eigenvalue weighted by Crippen LogP contribution is -2.41. The Hall–Kier alpha value is -2.67. The Morgan fingerprint density at radius 1 is 0.962 bits per heavy atom. The maximum Gasteiger partial charge on any atom is 0.269 e. The van der Waals surface area contributed by atoms with Crippen molar-refractivity contribution in [2.75, 3.05) is 20.0 Å². The van der Waals surface area contributed by atoms with Gasteiger partial charge >= 0.3 is 0 Å². The standard InChI is InChI=1S/C19H22N2O4S/c1-4-25-16-10-9-15(11-17(16)24-2)19(23)21-20-18(22)14-7-5-13(6-8-14)12-26-3/h5-11H,4,12H2,1-3H3,(H,20,22)(H,21,23). The summed E-state index contributed by atoms with van der Waals surface area (Å²) in [5, 5.41) is 0. The van der Waals surface area contributed by atoms with E-state index >= 15 is 0 Å². The van der Waals surface area contributed by atoms with Crippen LogP contribution in [-0.4, -0.2) is 31.8 Å². The van der Waals surface area contributed by atoms with Crippen LogP contribution in [0.4, 0.5) is 0 Å². The van der Waals surface area contributed by atoms with Gasteiger partial charge in [-0.25, -0.2) is 0 Å². The Morgan fingerprint density at radius 3 is 2.15 bits per heavy atom. The zero-order valence-electron chi connectivity index (χ0n) is 15.0. The van der Waals surface area contributed by atoms with Crippen LogP contribution in [0.5, 0.6) is 11.5 Å². The van der Waals surface area contributed by atoms with Crippen LogP contribution < -0.4 is 20.3 Å². The van der Waals surface area contributed by atoms with Crippen LogP contribution in [0, 0.1) is 0 Å². The van der Waals surface area contributed by atoms with E-state index in [0.717, 1.165) is 11.3 Å². The number of hydrazine groups is 1. The van der Waals surface area contributed by atoms with Gasteiger partial charge < -0.3 is 9.47 Å². The van der Waals surface area contributed by atoms with Crippen molar-refractivity contribution in [1.82, 2.24) is 10.9 Å². The van der Waals surface area contributed by atoms with E-state index in [9.17, 15) is 9.59 Å². The number of carbonyl (C=O) groups excluding carboxylic acids is 2. The van der Waals surface area contributed by atoms with Crippen LogP contribution >= 0.6 is 11.8 Å². The third kappa shape index (κ3) is 5.16. The summed E-state index contributed by atoms with van der Waals surface area (Å²) in [5.74, 6) is 1.07. The average Bonchev–Trinajstić information content (AvgIpc) is 2.67. The molecule has 0 unspecified atom stereocenters. The summed E-state index contributed by atoms with van der Waals surface area (Å²) < 4.78 is 10.6. The molecule has 0 bridgehead atoms. The molecule has 26 heavy (non-hydrogen) atoms. The summed E-state index contributed by atoms with van der Waals surface area (Å²) in [6.45, 7) is 2.36. The van der Waals surface area contributed by atoms with Gasteiger partial charge in [-0.15, -0.1) is 0 Å². The van der Waals surface area contributed by atoms with Crippen molar-refractivity contribution in [3.05, 3.63) is 59.2 Å². The Kier molecular flexibility index (Phi) is 7.35. The average molecular weight is 374 g/mol. The lowest BCUT2D eigenvalue weighted by atomic mass is 10.1. The predicted octanol–water partition coefficient (Wildman–Crippen LogP) is 3.03. The Morgan fingerprint density at radius 2 is 1.58 bits per heavy atom. The number of methoxy groups -OCH3 is 1. The van der Waals surface area contributed by atoms with Gasteiger partial charge in [0.15, 0.2) is 11.5 Å². The molecule has 2 rings (SSSR count). The van der Waals surface area contributed by atoms with Gasteiger partial charge in [0.05, 0.1) is 13.7 Å². The highest BCUT2D eigenvalue weighted by atomic mass is 32.2. The molecular weight excluding hydrogens is 352 g/mol. The van der Waals surface area contributed by atoms with E-state index in [-0.39, 0.29) is 5.91 Å². The minimum atomic E-state index is -0.446. The van der Waals surface area contributed by atoms with Gasteiger partial charge in [-0.3, -0.25) is 20.4 Å². The Bertz CT molecular complexity index is 763. The largest absolute Gasteiger partial charge is 0.493 e. The van der Waals surface area contributed by atoms with Crippen LogP contribution in [-0.2, 0) is 5.75 Å². The number of amides is 2. The second kappa shape index (κ2) is 9.72. The van der Waals surface area contributed by atoms with Gasteiger partial charge in [-0.05, 0) is 49.1 Å². The van der Waals surface area contributed by atoms with E-state index in [2.05, 4.69) is 10.9 Å². The van der Waals surface area contributed by atoms with Gasteiger partial charge in [-0.1, -0.05) is 12.1 Å². The molecular formula is C19H22N2O4S. The molecule has 0 fully saturated rings. The van der Waals surface area contributed by atoms with Crippen LogP contribution in [0.25, 0.3) is 0 Å². The highest BCUT2D eigenvalue weighted by Crippen LogP contribution is 2.27. The van der Waals surface area contributed by atoms with E-state index < -0.39 is 5.91 Å². The zero-order valence-corrected chi connectivity index (χ0v) is 15.8. The Labute approximate surface area is 157 Å². The van der Waals surface area contributed by atoms with Crippen LogP contribution in [0.15, 0.2) is 42.5 Å². The summed E-state index contributed by atoms with van der Waals surface area (Å²) in [6.07, 6.45) is 2.02. The van der Waals surface area contributed by atoms with Crippen molar-refractivity contribution in [2.24, 2.45) is 0 Å². The van der Waals surface area contributed by atoms with Crippen molar-refractivity contribution < 1.29 is 19.1 Å². The molecule has 0 aliphatic rings. The summed E-state index contributed by atoms with van der Waals surface area (Å²) in [4.78, 5) is 24.4. The number of thioether (sulfide) groups is 1. The molecule has 0 radical (unpaired) electrons. The highest BCUT2D eigenvalue weighted by molar-refractivity contribution is 7.97. The molecule has 0 aliphatic carbocycles. The zero-order chi connectivity index (χ0) is 18.9. The van der Waals surface area contributed by atoms with E-state index in [1.54, 1.807) is 42.1 Å². The molecule has 0 heterocycles. The molecule has 2 aromatic carbocycles. The quantitative estimate of drug-likeness (QED) is 0.729. The fourth-order valence-corrected chi connectivity index (χ4v) is 2.79. The monoisotopic (exact) mass is 374 g/mol. The number of ether oxygens (including phenoxy) is 2. The number of benzene rings is 2. The number of hydrogen-bond donors (Lipinski definition) is 2. The Balaban J connectivity index is 1.98. The second-order valence-electron chi connectivity index (χ2n) is 5.34. The number of rotatable bonds is 7. The van der Waals surface area contributed by atoms with Gasteiger partial charge in [0.2, 0.25) is 0 Å². The predicted molar refractivity (Wildman–Crippen MR) is 103 cm³/mol. The molecule has 6 nitrogen and oxygen atoms in total. The molecule has 0 spiro atoms. The van der Waals surface area contributed by atoms with Crippen LogP contribution in [0.2, 0.25) is 0 Å². The van der Waals surface area contributed by atoms with E-state index in [4.69, 9.17) is 9.47 Å². The maximum atomic E-state index is 12.2. The smallest absolute Gasteiger partial charge is 0.269 e. The highest BCUT2D eigenvalue weighted by Gasteiger charge is 2.12. The molecule has 0 aromatic heterocycles. The van der Waals surface area contributed by atoms with Gasteiger partial charge in [0, 0.05) is 16.9 Å². The summed E-state index contributed by atoms with van der Waals surface area (Å²) in [6, 6.07) is 12.1. The molecule has 0 saturated carbocycles. The van der Waals surface area contributed by atoms with E-state index in [1.807, 2.05) is 25.3 Å². The van der Waals surface area contributed by atoms with Gasteiger partial charge in [0.1, 0.15) is 0 Å². The molecule has 0 aliphatic heterocycles. The summed E-state index contributed by atoms with van der Waals surface area (Å²) >= 11 is 1.71. The van der Waals surface area contributed by atoms with Crippen molar-refractivity contribution >= 4 is 23.6 Å². The van der Waals surface area contributed by atoms with Gasteiger partial charge in [-0.2, -0.15) is 11.8 Å². The first-order chi connectivity index (χ1) is 12.6. The van der Waals surface area contributed by atoms with Crippen molar-refractivity contribution in [3.8, 4) is 11.5 Å². The topological polar surface area (TPSA) is 76.7 Å². The van der Waals surface area contributed by atoms with Gasteiger partial charge in [0.25, 0.3) is 11.8 Å². The number of carbonyl (C=O) groups is 2. The number of hydrogen-bond acceptors (Lipinski definition) is 5. The summed E-state index contributed by atoms with van der Waals surface area (Å²) in [5.41, 5.74) is 6.77. The molecule has 2 amide bonds. The van der Waals surface area contributed by atoms with E-state index in [0.29, 0.717) is 29.2 Å². The third-order valence-corrected chi connectivity index (χ3v) is 4.16. The maximum absolute atomic E-state index is 12.2. The van der Waals surface area contributed by atoms with Crippen molar-refractivity contribution in [2.45, 2.75) is 12.7 Å². The first-order valence-electron chi connectivity index (χ1n) is 8.08. The third-order valence-electron chi connectivity index (χ3n) is 3.54. The minimum Gasteiger partial charge on any atom is -0.493 e. The first kappa shape index (κ1) is 19.7. The van der Waals surface area contributed by atoms with E-state index in [1.165, 1.54) is 7.11 Å². The minimum absolute atomic E-state index is 0.348. The molecule has 2 N–H and O–H groups in total. The molecule has 2 aromatic rings.